The number of carbonyl (C=O) groups excluding carboxylic acids is 4. The number of carbonyl (C=O) groups is 4. The number of rotatable bonds is 7. The highest BCUT2D eigenvalue weighted by molar-refractivity contribution is 6.14. The van der Waals surface area contributed by atoms with Gasteiger partial charge in [-0.1, -0.05) is 68.4 Å². The first-order chi connectivity index (χ1) is 23.8. The highest BCUT2D eigenvalue weighted by atomic mass is 16.6. The summed E-state index contributed by atoms with van der Waals surface area (Å²) in [5.41, 5.74) is 6.03. The number of nitrogens with zero attached hydrogens (tertiary/aromatic N) is 4. The van der Waals surface area contributed by atoms with Crippen LogP contribution in [0.25, 0.3) is 11.1 Å². The first-order valence-corrected chi connectivity index (χ1v) is 17.4. The number of hydrogen-bond acceptors (Lipinski definition) is 7. The molecule has 3 amide bonds. The summed E-state index contributed by atoms with van der Waals surface area (Å²) in [4.78, 5) is 63.7. The third kappa shape index (κ3) is 7.29. The van der Waals surface area contributed by atoms with Crippen LogP contribution in [-0.2, 0) is 19.1 Å². The lowest BCUT2D eigenvalue weighted by molar-refractivity contribution is -0.133. The van der Waals surface area contributed by atoms with Gasteiger partial charge in [0.2, 0.25) is 5.91 Å². The third-order valence-electron chi connectivity index (χ3n) is 9.43. The molecule has 0 bridgehead atoms. The summed E-state index contributed by atoms with van der Waals surface area (Å²) in [5.74, 6) is -0.888. The van der Waals surface area contributed by atoms with Gasteiger partial charge in [-0.3, -0.25) is 14.6 Å². The molecule has 262 valence electrons. The van der Waals surface area contributed by atoms with Crippen LogP contribution >= 0.6 is 0 Å². The second kappa shape index (κ2) is 14.1. The number of hydrogen-bond donors (Lipinski definition) is 0. The average Bonchev–Trinajstić information content (AvgIpc) is 3.36. The zero-order chi connectivity index (χ0) is 35.7. The number of amides is 3. The molecule has 1 aliphatic carbocycles. The van der Waals surface area contributed by atoms with Crippen LogP contribution in [0.4, 0.5) is 10.5 Å². The normalized spacial score (nSPS) is 17.5. The van der Waals surface area contributed by atoms with Crippen molar-refractivity contribution in [2.24, 2.45) is 10.9 Å². The minimum atomic E-state index is -0.697. The Morgan fingerprint density at radius 2 is 1.46 bits per heavy atom. The fraction of sp³-hybridized carbons (Fsp3) is 0.425. The standard InChI is InChI=1S/C40H46N4O6/c1-25(2)21-34-37(46)44(35-22-27(38(47)50-40(4,5)6)15-16-28(35)26(3)41-34)23-36(45)42-17-19-43(20-18-42)39(48)49-24-33-31-13-9-7-11-29(31)30-12-8-10-14-32(30)33/h7-16,22,25,33-34H,17-21,23-24H2,1-6H3/t34-/m1/s1. The van der Waals surface area contributed by atoms with Gasteiger partial charge in [-0.15, -0.1) is 0 Å². The first kappa shape index (κ1) is 34.9. The van der Waals surface area contributed by atoms with E-state index in [1.807, 2.05) is 45.0 Å². The lowest BCUT2D eigenvalue weighted by Gasteiger charge is -2.35. The maximum absolute atomic E-state index is 14.1. The van der Waals surface area contributed by atoms with E-state index in [0.29, 0.717) is 49.6 Å². The van der Waals surface area contributed by atoms with Crippen molar-refractivity contribution in [3.63, 3.8) is 0 Å². The lowest BCUT2D eigenvalue weighted by atomic mass is 9.98. The summed E-state index contributed by atoms with van der Waals surface area (Å²) in [7, 11) is 0. The number of ether oxygens (including phenoxy) is 2. The van der Waals surface area contributed by atoms with Crippen LogP contribution in [0.5, 0.6) is 0 Å². The summed E-state index contributed by atoms with van der Waals surface area (Å²) < 4.78 is 11.5. The molecular formula is C40H46N4O6. The molecule has 3 aliphatic rings. The Morgan fingerprint density at radius 3 is 2.06 bits per heavy atom. The van der Waals surface area contributed by atoms with E-state index in [-0.39, 0.29) is 42.4 Å². The molecule has 2 aliphatic heterocycles. The Labute approximate surface area is 294 Å². The lowest BCUT2D eigenvalue weighted by Crippen LogP contribution is -2.54. The topological polar surface area (TPSA) is 109 Å². The number of fused-ring (bicyclic) bond motifs is 4. The van der Waals surface area contributed by atoms with Gasteiger partial charge in [0.15, 0.2) is 0 Å². The van der Waals surface area contributed by atoms with E-state index in [1.54, 1.807) is 48.8 Å². The van der Waals surface area contributed by atoms with Gasteiger partial charge in [-0.05, 0) is 74.4 Å². The number of aliphatic imine (C=N–C) groups is 1. The van der Waals surface area contributed by atoms with Crippen molar-refractivity contribution in [1.29, 1.82) is 0 Å². The van der Waals surface area contributed by atoms with E-state index >= 15 is 0 Å². The fourth-order valence-electron chi connectivity index (χ4n) is 7.00. The van der Waals surface area contributed by atoms with Crippen molar-refractivity contribution >= 4 is 35.3 Å². The Bertz CT molecular complexity index is 1790. The Kier molecular flexibility index (Phi) is 9.82. The number of piperazine rings is 1. The van der Waals surface area contributed by atoms with Crippen molar-refractivity contribution in [2.45, 2.75) is 65.5 Å². The summed E-state index contributed by atoms with van der Waals surface area (Å²) >= 11 is 0. The van der Waals surface area contributed by atoms with Gasteiger partial charge in [0.25, 0.3) is 5.91 Å². The highest BCUT2D eigenvalue weighted by Gasteiger charge is 2.36. The quantitative estimate of drug-likeness (QED) is 0.271. The largest absolute Gasteiger partial charge is 0.456 e. The second-order valence-corrected chi connectivity index (χ2v) is 14.7. The molecule has 10 nitrogen and oxygen atoms in total. The first-order valence-electron chi connectivity index (χ1n) is 17.4. The van der Waals surface area contributed by atoms with Gasteiger partial charge in [-0.2, -0.15) is 0 Å². The number of benzodiazepines with no additional fused rings is 1. The molecule has 2 heterocycles. The monoisotopic (exact) mass is 678 g/mol. The SMILES string of the molecule is CC1=N[C@H](CC(C)C)C(=O)N(CC(=O)N2CCN(C(=O)OCC3c4ccccc4-c4ccccc43)CC2)c2cc(C(=O)OC(C)(C)C)ccc21. The zero-order valence-corrected chi connectivity index (χ0v) is 29.8. The summed E-state index contributed by atoms with van der Waals surface area (Å²) in [6.07, 6.45) is 0.112. The van der Waals surface area contributed by atoms with Gasteiger partial charge in [0, 0.05) is 43.4 Å². The van der Waals surface area contributed by atoms with E-state index in [1.165, 1.54) is 16.0 Å². The molecule has 6 rings (SSSR count). The van der Waals surface area contributed by atoms with Gasteiger partial charge >= 0.3 is 12.1 Å². The van der Waals surface area contributed by atoms with E-state index in [4.69, 9.17) is 14.5 Å². The minimum Gasteiger partial charge on any atom is -0.456 e. The smallest absolute Gasteiger partial charge is 0.409 e. The molecule has 3 aromatic carbocycles. The van der Waals surface area contributed by atoms with Crippen molar-refractivity contribution < 1.29 is 28.7 Å². The Hall–Kier alpha value is -4.99. The zero-order valence-electron chi connectivity index (χ0n) is 29.8. The van der Waals surface area contributed by atoms with E-state index in [2.05, 4.69) is 24.3 Å². The minimum absolute atomic E-state index is 0.0359. The predicted octanol–water partition coefficient (Wildman–Crippen LogP) is 6.31. The molecule has 1 fully saturated rings. The fourth-order valence-corrected chi connectivity index (χ4v) is 7.00. The van der Waals surface area contributed by atoms with Crippen LogP contribution in [0.2, 0.25) is 0 Å². The molecular weight excluding hydrogens is 632 g/mol. The molecule has 0 N–H and O–H groups in total. The van der Waals surface area contributed by atoms with Crippen molar-refractivity contribution in [3.05, 3.63) is 89.0 Å². The average molecular weight is 679 g/mol. The molecule has 0 saturated carbocycles. The molecule has 1 saturated heterocycles. The number of esters is 1. The maximum Gasteiger partial charge on any atom is 0.409 e. The van der Waals surface area contributed by atoms with Gasteiger partial charge in [0.05, 0.1) is 11.3 Å². The Balaban J connectivity index is 1.13. The van der Waals surface area contributed by atoms with Crippen LogP contribution in [0.3, 0.4) is 0 Å². The van der Waals surface area contributed by atoms with Gasteiger partial charge in [-0.25, -0.2) is 9.59 Å². The molecule has 0 unspecified atom stereocenters. The predicted molar refractivity (Wildman–Crippen MR) is 193 cm³/mol. The molecule has 10 heteroatoms. The van der Waals surface area contributed by atoms with Gasteiger partial charge in [0.1, 0.15) is 24.8 Å². The summed E-state index contributed by atoms with van der Waals surface area (Å²) in [5, 5.41) is 0. The van der Waals surface area contributed by atoms with Crippen molar-refractivity contribution in [1.82, 2.24) is 9.80 Å². The number of anilines is 1. The van der Waals surface area contributed by atoms with Crippen LogP contribution in [0.15, 0.2) is 71.7 Å². The van der Waals surface area contributed by atoms with Crippen LogP contribution in [0.1, 0.15) is 80.9 Å². The van der Waals surface area contributed by atoms with Crippen molar-refractivity contribution in [3.8, 4) is 11.1 Å². The van der Waals surface area contributed by atoms with Gasteiger partial charge < -0.3 is 24.2 Å². The second-order valence-electron chi connectivity index (χ2n) is 14.7. The Morgan fingerprint density at radius 1 is 0.860 bits per heavy atom. The van der Waals surface area contributed by atoms with E-state index in [0.717, 1.165) is 11.1 Å². The van der Waals surface area contributed by atoms with Crippen LogP contribution in [-0.4, -0.2) is 90.4 Å². The molecule has 3 aromatic rings. The van der Waals surface area contributed by atoms with Crippen LogP contribution < -0.4 is 4.90 Å². The van der Waals surface area contributed by atoms with Crippen LogP contribution in [0, 0.1) is 5.92 Å². The molecule has 0 radical (unpaired) electrons. The molecule has 1 atom stereocenters. The summed E-state index contributed by atoms with van der Waals surface area (Å²) in [6.45, 7) is 12.5. The summed E-state index contributed by atoms with van der Waals surface area (Å²) in [6, 6.07) is 20.8. The molecule has 0 spiro atoms. The third-order valence-corrected chi connectivity index (χ3v) is 9.43. The molecule has 50 heavy (non-hydrogen) atoms. The highest BCUT2D eigenvalue weighted by Crippen LogP contribution is 2.44. The number of benzene rings is 3. The van der Waals surface area contributed by atoms with E-state index < -0.39 is 23.7 Å². The maximum atomic E-state index is 14.1. The molecule has 0 aromatic heterocycles. The van der Waals surface area contributed by atoms with E-state index in [9.17, 15) is 19.2 Å². The van der Waals surface area contributed by atoms with Crippen molar-refractivity contribution in [2.75, 3.05) is 44.2 Å².